The highest BCUT2D eigenvalue weighted by molar-refractivity contribution is 5.79. The number of piperidine rings is 2. The van der Waals surface area contributed by atoms with Crippen LogP contribution in [0.5, 0.6) is 0 Å². The zero-order chi connectivity index (χ0) is 99.3. The Balaban J connectivity index is -0.000000170. The van der Waals surface area contributed by atoms with E-state index in [-0.39, 0.29) is 48.4 Å². The molecule has 1 unspecified atom stereocenters. The van der Waals surface area contributed by atoms with Gasteiger partial charge in [0, 0.05) is 141 Å². The van der Waals surface area contributed by atoms with Crippen LogP contribution in [0.4, 0.5) is 0 Å². The van der Waals surface area contributed by atoms with Gasteiger partial charge < -0.3 is 87.8 Å². The first kappa shape index (κ1) is 142. The molecule has 12 N–H and O–H groups in total. The molecular formula is C105H232N14O8. The van der Waals surface area contributed by atoms with Crippen LogP contribution in [0.15, 0.2) is 0 Å². The molecule has 0 aliphatic carbocycles. The summed E-state index contributed by atoms with van der Waals surface area (Å²) in [6.45, 7) is 96.7. The van der Waals surface area contributed by atoms with Crippen LogP contribution < -0.4 is 63.8 Å². The molecule has 10 atom stereocenters. The Labute approximate surface area is 793 Å². The van der Waals surface area contributed by atoms with Gasteiger partial charge >= 0.3 is 5.97 Å². The van der Waals surface area contributed by atoms with Crippen molar-refractivity contribution in [3.05, 3.63) is 0 Å². The summed E-state index contributed by atoms with van der Waals surface area (Å²) in [5.74, 6) is 6.88. The third-order valence-corrected chi connectivity index (χ3v) is 18.3. The number of esters is 1. The van der Waals surface area contributed by atoms with Crippen LogP contribution >= 0.6 is 0 Å². The summed E-state index contributed by atoms with van der Waals surface area (Å²) in [6.07, 6.45) is 29.2. The Morgan fingerprint density at radius 1 is 0.362 bits per heavy atom. The first-order valence-electron chi connectivity index (χ1n) is 52.7. The van der Waals surface area contributed by atoms with Crippen molar-refractivity contribution in [1.29, 1.82) is 0 Å². The average Bonchev–Trinajstić information content (AvgIpc) is 0.889. The fourth-order valence-electron chi connectivity index (χ4n) is 13.8. The molecule has 0 spiro atoms. The number of nitrogens with zero attached hydrogens (tertiary/aromatic N) is 2. The van der Waals surface area contributed by atoms with Crippen LogP contribution in [-0.2, 0) is 38.2 Å². The van der Waals surface area contributed by atoms with Crippen molar-refractivity contribution in [2.75, 3.05) is 139 Å². The predicted molar refractivity (Wildman–Crippen MR) is 559 cm³/mol. The van der Waals surface area contributed by atoms with Crippen LogP contribution in [0, 0.1) is 53.3 Å². The molecule has 0 aromatic carbocycles. The Morgan fingerprint density at radius 2 is 0.748 bits per heavy atom. The maximum atomic E-state index is 11.1. The first-order valence-corrected chi connectivity index (χ1v) is 52.7. The van der Waals surface area contributed by atoms with Gasteiger partial charge in [-0.25, -0.2) is 0 Å². The van der Waals surface area contributed by atoms with Crippen LogP contribution in [-0.4, -0.2) is 239 Å². The van der Waals surface area contributed by atoms with Gasteiger partial charge in [-0.3, -0.25) is 24.0 Å². The van der Waals surface area contributed by atoms with Crippen molar-refractivity contribution in [2.24, 2.45) is 53.3 Å². The molecule has 9 heterocycles. The lowest BCUT2D eigenvalue weighted by atomic mass is 9.94. The average molecular weight is 1820 g/mol. The molecule has 770 valence electrons. The molecule has 22 nitrogen and oxygen atoms in total. The molecule has 0 aromatic heterocycles. The zero-order valence-corrected chi connectivity index (χ0v) is 92.3. The number of morpholine rings is 2. The van der Waals surface area contributed by atoms with Crippen LogP contribution in [0.3, 0.4) is 0 Å². The van der Waals surface area contributed by atoms with Gasteiger partial charge in [0.2, 0.25) is 23.6 Å². The number of ether oxygens (including phenoxy) is 3. The summed E-state index contributed by atoms with van der Waals surface area (Å²) >= 11 is 0. The minimum Gasteiger partial charge on any atom is -0.460 e. The van der Waals surface area contributed by atoms with Crippen molar-refractivity contribution >= 4 is 29.6 Å². The van der Waals surface area contributed by atoms with E-state index in [9.17, 15) is 24.0 Å². The number of likely N-dealkylation sites (N-methyl/N-ethyl adjacent to an activating group) is 1. The maximum absolute atomic E-state index is 11.1. The second-order valence-corrected chi connectivity index (χ2v) is 39.9. The number of amides is 4. The third kappa shape index (κ3) is 115. The van der Waals surface area contributed by atoms with Crippen LogP contribution in [0.1, 0.15) is 404 Å². The molecule has 22 heteroatoms. The lowest BCUT2D eigenvalue weighted by Gasteiger charge is -2.33. The van der Waals surface area contributed by atoms with E-state index in [1.807, 2.05) is 12.0 Å². The van der Waals surface area contributed by atoms with Gasteiger partial charge in [-0.15, -0.1) is 0 Å². The number of carbonyl (C=O) groups is 5. The Bertz CT molecular complexity index is 2080. The lowest BCUT2D eigenvalue weighted by Crippen LogP contribution is -2.52. The first-order chi connectivity index (χ1) is 60.0. The second kappa shape index (κ2) is 105. The number of hydrogen-bond acceptors (Lipinski definition) is 18. The number of rotatable bonds is 19. The van der Waals surface area contributed by atoms with E-state index in [2.05, 4.69) is 325 Å². The van der Waals surface area contributed by atoms with E-state index in [0.717, 1.165) is 140 Å². The van der Waals surface area contributed by atoms with E-state index >= 15 is 0 Å². The number of hydrogen-bond donors (Lipinski definition) is 12. The Hall–Kier alpha value is -3.13. The van der Waals surface area contributed by atoms with Crippen molar-refractivity contribution < 1.29 is 38.2 Å². The van der Waals surface area contributed by atoms with Gasteiger partial charge in [0.05, 0.1) is 31.8 Å². The van der Waals surface area contributed by atoms with E-state index in [1.165, 1.54) is 135 Å². The molecule has 4 amide bonds. The molecule has 9 rings (SSSR count). The summed E-state index contributed by atoms with van der Waals surface area (Å²) in [5.41, 5.74) is 0. The monoisotopic (exact) mass is 1820 g/mol. The van der Waals surface area contributed by atoms with E-state index in [0.29, 0.717) is 92.1 Å². The molecule has 9 saturated heterocycles. The smallest absolute Gasteiger partial charge is 0.320 e. The Morgan fingerprint density at radius 3 is 1.13 bits per heavy atom. The highest BCUT2D eigenvalue weighted by Gasteiger charge is 2.26. The van der Waals surface area contributed by atoms with E-state index in [4.69, 9.17) is 14.2 Å². The lowest BCUT2D eigenvalue weighted by molar-refractivity contribution is -0.152. The van der Waals surface area contributed by atoms with Gasteiger partial charge in [0.25, 0.3) is 0 Å². The van der Waals surface area contributed by atoms with Gasteiger partial charge in [-0.2, -0.15) is 0 Å². The topological polar surface area (TPSA) is 264 Å². The standard InChI is InChI=1S/C10H20N2O.C10H21NO.C9H20N2.C9H19N.2C8H16N2O.C8H18N2.2C8H15NO2.9C3H8/c1-8(2)6-10-7-12(9(3)13)5-4-11-10;1-8(2)6-9-7-10(12-3)4-5-11-9;1-8(2)6-9-7-11(3)5-4-10-9;1-8(2)7-9-5-3-4-6-10-9;1-6(2)3-7-4-10-8(11)5-9-7;1-6(2)3-7-4-9-5-8(11)10-7;1-7(2)5-8-6-9-3-4-10-8;1-6(2)3-7-4-9-8(10)5-11-7;1-6(2)3-7-4-9-5-8(10)11-7;9*1-3-2/h8,10-11H,4-7H2,1-3H3;8-11H,4-7H2,1-3H3;8-10H,4-7H2,1-3H3;8-10H,3-7H2,1-2H3;2*6-7,9H,3-5H2,1-2H3,(H,10,11);7-10H,3-6H2,1-2H3;6-7H,3-5H2,1-2H3,(H,9,10);6-7,9H,3-5H2,1-2H3;9*3H2,1-2H3/t10-;9-,10?;2*9-;2*7-;8-;2*7-;;;;;;;;;/m000100000........./s1. The SMILES string of the molecule is CC(=O)N1CCN[C@@H](CC(C)C)C1.CC(C)C[C@H]1CCCCN1.CC(C)C[C@H]1CN(C)CCN1.CC(C)C[C@H]1CNC(=O)CN1.CC(C)C[C@H]1CNC(=O)CO1.CC(C)C[C@H]1CNCC(=O)N1.CC(C)C[C@H]1CNCC(=O)O1.CC(C)C[C@H]1CNCCN1.CCC.CCC.CCC.CCC.CCC.CCC.CCC.CCC.CCC.COC1CCN[C@@H](CC(C)C)C1. The summed E-state index contributed by atoms with van der Waals surface area (Å²) < 4.78 is 15.7. The molecule has 0 radical (unpaired) electrons. The third-order valence-electron chi connectivity index (χ3n) is 18.3. The summed E-state index contributed by atoms with van der Waals surface area (Å²) in [4.78, 5) is 58.5. The zero-order valence-electron chi connectivity index (χ0n) is 92.3. The predicted octanol–water partition coefficient (Wildman–Crippen LogP) is 20.4. The molecule has 127 heavy (non-hydrogen) atoms. The van der Waals surface area contributed by atoms with Crippen molar-refractivity contribution in [1.82, 2.24) is 73.6 Å². The minimum absolute atomic E-state index is 0.00464. The Kier molecular flexibility index (Phi) is 117. The van der Waals surface area contributed by atoms with Gasteiger partial charge in [-0.1, -0.05) is 313 Å². The number of piperazine rings is 5. The highest BCUT2D eigenvalue weighted by atomic mass is 16.5. The fourth-order valence-corrected chi connectivity index (χ4v) is 13.8. The van der Waals surface area contributed by atoms with Gasteiger partial charge in [0.15, 0.2) is 0 Å². The number of nitrogens with one attached hydrogen (secondary N) is 12. The largest absolute Gasteiger partial charge is 0.460 e. The van der Waals surface area contributed by atoms with Gasteiger partial charge in [0.1, 0.15) is 12.7 Å². The normalized spacial score (nSPS) is 22.1. The molecule has 9 aliphatic heterocycles. The number of cyclic esters (lactones) is 1. The molecule has 0 bridgehead atoms. The van der Waals surface area contributed by atoms with E-state index in [1.54, 1.807) is 6.92 Å². The van der Waals surface area contributed by atoms with Crippen molar-refractivity contribution in [3.63, 3.8) is 0 Å². The van der Waals surface area contributed by atoms with Crippen molar-refractivity contribution in [2.45, 2.75) is 464 Å². The van der Waals surface area contributed by atoms with E-state index < -0.39 is 0 Å². The molecule has 0 aromatic rings. The minimum atomic E-state index is -0.123. The number of methoxy groups -OCH3 is 1. The molecule has 9 fully saturated rings. The second-order valence-electron chi connectivity index (χ2n) is 39.9. The summed E-state index contributed by atoms with van der Waals surface area (Å²) in [7, 11) is 4.02. The van der Waals surface area contributed by atoms with Crippen LogP contribution in [0.25, 0.3) is 0 Å². The quantitative estimate of drug-likeness (QED) is 0.0536. The van der Waals surface area contributed by atoms with Crippen molar-refractivity contribution in [3.8, 4) is 0 Å². The molecule has 9 aliphatic rings. The van der Waals surface area contributed by atoms with Gasteiger partial charge in [-0.05, 0) is 157 Å². The number of carbonyl (C=O) groups excluding carboxylic acids is 5. The fraction of sp³-hybridized carbons (Fsp3) is 0.952. The molecular weight excluding hydrogens is 1590 g/mol. The summed E-state index contributed by atoms with van der Waals surface area (Å²) in [5, 5.41) is 38.8. The highest BCUT2D eigenvalue weighted by Crippen LogP contribution is 2.19. The summed E-state index contributed by atoms with van der Waals surface area (Å²) in [6, 6.07) is 4.28. The molecule has 0 saturated carbocycles. The maximum Gasteiger partial charge on any atom is 0.320 e. The van der Waals surface area contributed by atoms with Crippen LogP contribution in [0.2, 0.25) is 0 Å².